The van der Waals surface area contributed by atoms with Crippen LogP contribution >= 0.6 is 11.6 Å². The van der Waals surface area contributed by atoms with Gasteiger partial charge in [0.2, 0.25) is 0 Å². The van der Waals surface area contributed by atoms with E-state index in [2.05, 4.69) is 15.3 Å². The van der Waals surface area contributed by atoms with Crippen LogP contribution < -0.4 is 5.32 Å². The summed E-state index contributed by atoms with van der Waals surface area (Å²) in [5, 5.41) is 3.40. The summed E-state index contributed by atoms with van der Waals surface area (Å²) in [5.41, 5.74) is 5.23. The number of carbonyl (C=O) groups is 1. The molecule has 0 saturated heterocycles. The summed E-state index contributed by atoms with van der Waals surface area (Å²) in [6.45, 7) is 0.654. The maximum atomic E-state index is 12.0. The van der Waals surface area contributed by atoms with Crippen LogP contribution in [0.25, 0.3) is 23.4 Å². The number of hydrogen-bond acceptors (Lipinski definition) is 2. The molecule has 124 valence electrons. The molecule has 25 heavy (non-hydrogen) atoms. The number of aromatic amines is 1. The van der Waals surface area contributed by atoms with E-state index in [0.717, 1.165) is 34.6 Å². The first-order valence-corrected chi connectivity index (χ1v) is 8.47. The molecule has 4 nitrogen and oxygen atoms in total. The van der Waals surface area contributed by atoms with Crippen molar-refractivity contribution in [3.8, 4) is 11.3 Å². The summed E-state index contributed by atoms with van der Waals surface area (Å²) in [5.74, 6) is -0.0434. The molecule has 3 aromatic rings. The summed E-state index contributed by atoms with van der Waals surface area (Å²) >= 11 is 6.34. The van der Waals surface area contributed by atoms with Gasteiger partial charge in [-0.05, 0) is 23.8 Å². The van der Waals surface area contributed by atoms with Gasteiger partial charge in [-0.2, -0.15) is 0 Å². The molecule has 0 fully saturated rings. The van der Waals surface area contributed by atoms with Gasteiger partial charge in [-0.3, -0.25) is 9.78 Å². The minimum atomic E-state index is -0.0434. The largest absolute Gasteiger partial charge is 0.358 e. The number of halogens is 1. The predicted octanol–water partition coefficient (Wildman–Crippen LogP) is 4.19. The summed E-state index contributed by atoms with van der Waals surface area (Å²) in [6.07, 6.45) is 6.39. The van der Waals surface area contributed by atoms with Crippen molar-refractivity contribution in [2.75, 3.05) is 6.54 Å². The lowest BCUT2D eigenvalue weighted by atomic mass is 10.1. The summed E-state index contributed by atoms with van der Waals surface area (Å²) in [4.78, 5) is 19.6. The number of pyridine rings is 1. The lowest BCUT2D eigenvalue weighted by Crippen LogP contribution is -2.31. The topological polar surface area (TPSA) is 57.8 Å². The van der Waals surface area contributed by atoms with Crippen LogP contribution in [-0.2, 0) is 6.42 Å². The number of nitrogens with zero attached hydrogens (tertiary/aromatic N) is 1. The first kappa shape index (κ1) is 15.7. The molecule has 1 aromatic carbocycles. The first-order chi connectivity index (χ1) is 12.2. The fourth-order valence-electron chi connectivity index (χ4n) is 2.94. The van der Waals surface area contributed by atoms with Crippen LogP contribution in [0, 0.1) is 0 Å². The van der Waals surface area contributed by atoms with Crippen LogP contribution in [0.3, 0.4) is 0 Å². The molecule has 2 aromatic heterocycles. The first-order valence-electron chi connectivity index (χ1n) is 8.10. The molecule has 2 N–H and O–H groups in total. The highest BCUT2D eigenvalue weighted by Crippen LogP contribution is 2.30. The van der Waals surface area contributed by atoms with E-state index >= 15 is 0 Å². The smallest absolute Gasteiger partial charge is 0.253 e. The van der Waals surface area contributed by atoms with E-state index < -0.39 is 0 Å². The second-order valence-electron chi connectivity index (χ2n) is 5.91. The van der Waals surface area contributed by atoms with Crippen LogP contribution in [0.15, 0.2) is 48.7 Å². The van der Waals surface area contributed by atoms with E-state index in [-0.39, 0.29) is 5.91 Å². The Labute approximate surface area is 150 Å². The summed E-state index contributed by atoms with van der Waals surface area (Å²) in [7, 11) is 0. The van der Waals surface area contributed by atoms with E-state index in [1.807, 2.05) is 54.6 Å². The molecule has 3 heterocycles. The van der Waals surface area contributed by atoms with Gasteiger partial charge in [0, 0.05) is 36.1 Å². The average molecular weight is 350 g/mol. The normalized spacial score (nSPS) is 13.7. The fraction of sp³-hybridized carbons (Fsp3) is 0.100. The van der Waals surface area contributed by atoms with Crippen molar-refractivity contribution < 1.29 is 4.79 Å². The lowest BCUT2D eigenvalue weighted by Gasteiger charge is -2.11. The van der Waals surface area contributed by atoms with Gasteiger partial charge in [0.05, 0.1) is 16.3 Å². The predicted molar refractivity (Wildman–Crippen MR) is 100 cm³/mol. The van der Waals surface area contributed by atoms with Crippen LogP contribution in [-0.4, -0.2) is 22.4 Å². The van der Waals surface area contributed by atoms with Crippen molar-refractivity contribution >= 4 is 29.7 Å². The van der Waals surface area contributed by atoms with Gasteiger partial charge in [0.15, 0.2) is 0 Å². The lowest BCUT2D eigenvalue weighted by molar-refractivity contribution is 0.0946. The Morgan fingerprint density at radius 3 is 2.72 bits per heavy atom. The second kappa shape index (κ2) is 6.57. The van der Waals surface area contributed by atoms with Crippen molar-refractivity contribution in [2.45, 2.75) is 6.42 Å². The highest BCUT2D eigenvalue weighted by atomic mass is 35.5. The second-order valence-corrected chi connectivity index (χ2v) is 6.32. The molecule has 1 aliphatic rings. The van der Waals surface area contributed by atoms with Crippen molar-refractivity contribution in [3.63, 3.8) is 0 Å². The van der Waals surface area contributed by atoms with Gasteiger partial charge < -0.3 is 10.3 Å². The third kappa shape index (κ3) is 3.21. The number of carbonyl (C=O) groups excluding carboxylic acids is 1. The van der Waals surface area contributed by atoms with Crippen LogP contribution in [0.5, 0.6) is 0 Å². The zero-order valence-corrected chi connectivity index (χ0v) is 14.2. The molecular weight excluding hydrogens is 334 g/mol. The van der Waals surface area contributed by atoms with Gasteiger partial charge in [0.25, 0.3) is 5.91 Å². The molecule has 0 unspecified atom stereocenters. The third-order valence-electron chi connectivity index (χ3n) is 4.22. The summed E-state index contributed by atoms with van der Waals surface area (Å²) in [6, 6.07) is 13.8. The number of fused-ring (bicyclic) bond motifs is 1. The molecular formula is C20H16ClN3O. The van der Waals surface area contributed by atoms with Gasteiger partial charge in [-0.25, -0.2) is 0 Å². The van der Waals surface area contributed by atoms with Crippen molar-refractivity contribution in [1.82, 2.24) is 15.3 Å². The van der Waals surface area contributed by atoms with E-state index in [1.165, 1.54) is 0 Å². The highest BCUT2D eigenvalue weighted by Gasteiger charge is 2.20. The molecule has 0 aliphatic carbocycles. The summed E-state index contributed by atoms with van der Waals surface area (Å²) < 4.78 is 0. The average Bonchev–Trinajstić information content (AvgIpc) is 3.07. The molecule has 0 radical (unpaired) electrons. The minimum Gasteiger partial charge on any atom is -0.358 e. The number of nitrogens with one attached hydrogen (secondary N) is 2. The molecule has 1 amide bonds. The molecule has 0 atom stereocenters. The standard InChI is InChI=1S/C20H16ClN3O/c21-17-12-23-14(7-6-13-4-2-1-3-5-13)10-15(17)19-11-16-18(24-19)8-9-22-20(16)25/h1-7,10-12,24H,8-9H2,(H,22,25). The molecule has 0 saturated carbocycles. The van der Waals surface area contributed by atoms with E-state index in [1.54, 1.807) is 6.20 Å². The molecule has 5 heteroatoms. The van der Waals surface area contributed by atoms with Gasteiger partial charge >= 0.3 is 0 Å². The Balaban J connectivity index is 1.69. The molecule has 4 rings (SSSR count). The van der Waals surface area contributed by atoms with E-state index in [0.29, 0.717) is 17.1 Å². The quantitative estimate of drug-likeness (QED) is 0.745. The third-order valence-corrected chi connectivity index (χ3v) is 4.52. The number of H-pyrrole nitrogens is 1. The van der Waals surface area contributed by atoms with Crippen LogP contribution in [0.1, 0.15) is 27.3 Å². The van der Waals surface area contributed by atoms with Crippen molar-refractivity contribution in [1.29, 1.82) is 0 Å². The SMILES string of the molecule is O=C1NCCc2[nH]c(-c3cc(C=Cc4ccccc4)ncc3Cl)cc21. The number of hydrogen-bond donors (Lipinski definition) is 2. The van der Waals surface area contributed by atoms with Gasteiger partial charge in [-0.1, -0.05) is 48.0 Å². The maximum absolute atomic E-state index is 12.0. The van der Waals surface area contributed by atoms with E-state index in [4.69, 9.17) is 11.6 Å². The molecule has 0 bridgehead atoms. The van der Waals surface area contributed by atoms with Gasteiger partial charge in [-0.15, -0.1) is 0 Å². The number of benzene rings is 1. The van der Waals surface area contributed by atoms with Crippen LogP contribution in [0.2, 0.25) is 5.02 Å². The van der Waals surface area contributed by atoms with Crippen molar-refractivity contribution in [2.24, 2.45) is 0 Å². The minimum absolute atomic E-state index is 0.0434. The number of amides is 1. The highest BCUT2D eigenvalue weighted by molar-refractivity contribution is 6.33. The maximum Gasteiger partial charge on any atom is 0.253 e. The van der Waals surface area contributed by atoms with Crippen LogP contribution in [0.4, 0.5) is 0 Å². The monoisotopic (exact) mass is 349 g/mol. The molecule has 1 aliphatic heterocycles. The number of aromatic nitrogens is 2. The van der Waals surface area contributed by atoms with E-state index in [9.17, 15) is 4.79 Å². The van der Waals surface area contributed by atoms with Crippen molar-refractivity contribution in [3.05, 3.63) is 76.2 Å². The Morgan fingerprint density at radius 1 is 1.08 bits per heavy atom. The Morgan fingerprint density at radius 2 is 1.92 bits per heavy atom. The zero-order valence-electron chi connectivity index (χ0n) is 13.4. The Hall–Kier alpha value is -2.85. The zero-order chi connectivity index (χ0) is 17.2. The Bertz CT molecular complexity index is 960. The number of rotatable bonds is 3. The Kier molecular flexibility index (Phi) is 4.12. The van der Waals surface area contributed by atoms with Gasteiger partial charge in [0.1, 0.15) is 0 Å². The molecule has 0 spiro atoms. The fourth-order valence-corrected chi connectivity index (χ4v) is 3.14.